The predicted octanol–water partition coefficient (Wildman–Crippen LogP) is 7.13. The van der Waals surface area contributed by atoms with E-state index in [1.54, 1.807) is 0 Å². The molecule has 0 aliphatic rings. The van der Waals surface area contributed by atoms with Crippen molar-refractivity contribution < 1.29 is 8.42 Å². The quantitative estimate of drug-likeness (QED) is 0.0636. The van der Waals surface area contributed by atoms with E-state index in [4.69, 9.17) is 5.73 Å². The molecule has 0 atom stereocenters. The van der Waals surface area contributed by atoms with Gasteiger partial charge in [0.2, 0.25) is 10.0 Å². The van der Waals surface area contributed by atoms with Gasteiger partial charge in [-0.15, -0.1) is 37.2 Å². The smallest absolute Gasteiger partial charge is 0.211 e. The minimum Gasteiger partial charge on any atom is -0.330 e. The topological polar surface area (TPSA) is 96.2 Å². The number of sulfonamides is 1. The van der Waals surface area contributed by atoms with Gasteiger partial charge in [-0.25, -0.2) is 13.1 Å². The predicted molar refractivity (Wildman–Crippen MR) is 176 cm³/mol. The molecule has 0 spiro atoms. The number of nitrogens with two attached hydrogens (primary N) is 1. The van der Waals surface area contributed by atoms with Crippen LogP contribution in [0.1, 0.15) is 135 Å². The lowest BCUT2D eigenvalue weighted by Gasteiger charge is -2.08. The maximum absolute atomic E-state index is 12.1. The van der Waals surface area contributed by atoms with Gasteiger partial charge in [0, 0.05) is 6.54 Å². The van der Waals surface area contributed by atoms with Gasteiger partial charge in [-0.2, -0.15) is 0 Å². The van der Waals surface area contributed by atoms with E-state index < -0.39 is 10.0 Å². The van der Waals surface area contributed by atoms with E-state index in [0.29, 0.717) is 6.54 Å². The summed E-state index contributed by atoms with van der Waals surface area (Å²) in [5.74, 6) is 0.274. The van der Waals surface area contributed by atoms with Crippen LogP contribution < -0.4 is 21.1 Å². The van der Waals surface area contributed by atoms with E-state index in [1.807, 2.05) is 0 Å². The monoisotopic (exact) mass is 626 g/mol. The summed E-state index contributed by atoms with van der Waals surface area (Å²) in [6, 6.07) is 0. The molecule has 0 saturated heterocycles. The minimum atomic E-state index is -3.11. The lowest BCUT2D eigenvalue weighted by Crippen LogP contribution is -2.29. The number of hydrogen-bond acceptors (Lipinski definition) is 5. The van der Waals surface area contributed by atoms with Gasteiger partial charge < -0.3 is 16.4 Å². The van der Waals surface area contributed by atoms with Crippen LogP contribution in [0.5, 0.6) is 0 Å². The first-order chi connectivity index (χ1) is 17.1. The van der Waals surface area contributed by atoms with Gasteiger partial charge in [0.25, 0.3) is 0 Å². The van der Waals surface area contributed by atoms with E-state index in [1.165, 1.54) is 89.9 Å². The van der Waals surface area contributed by atoms with Crippen LogP contribution in [0.2, 0.25) is 0 Å². The molecule has 0 aromatic heterocycles. The summed E-state index contributed by atoms with van der Waals surface area (Å²) < 4.78 is 27.0. The Morgan fingerprint density at radius 3 is 1.26 bits per heavy atom. The van der Waals surface area contributed by atoms with Gasteiger partial charge >= 0.3 is 0 Å². The van der Waals surface area contributed by atoms with Crippen LogP contribution in [0.4, 0.5) is 0 Å². The molecule has 10 heteroatoms. The van der Waals surface area contributed by atoms with Gasteiger partial charge in [0.05, 0.1) is 5.75 Å². The SMILES string of the molecule is CCCCCCCCCCCCCCCCCCS(=O)(=O)NCCCNCCCCNCCCN.Cl.Cl.Cl. The summed E-state index contributed by atoms with van der Waals surface area (Å²) >= 11 is 0. The molecule has 6 nitrogen and oxygen atoms in total. The molecule has 5 N–H and O–H groups in total. The Kier molecular flexibility index (Phi) is 45.2. The number of hydrogen-bond donors (Lipinski definition) is 4. The Bertz CT molecular complexity index is 518. The molecule has 38 heavy (non-hydrogen) atoms. The molecular formula is C28H65Cl3N4O2S. The maximum atomic E-state index is 12.1. The summed E-state index contributed by atoms with van der Waals surface area (Å²) in [6.07, 6.45) is 25.1. The number of rotatable bonds is 30. The summed E-state index contributed by atoms with van der Waals surface area (Å²) in [7, 11) is -3.11. The average molecular weight is 628 g/mol. The second-order valence-electron chi connectivity index (χ2n) is 10.2. The van der Waals surface area contributed by atoms with Crippen LogP contribution in [0.25, 0.3) is 0 Å². The van der Waals surface area contributed by atoms with Crippen LogP contribution in [-0.4, -0.2) is 53.4 Å². The number of nitrogens with one attached hydrogen (secondary N) is 3. The van der Waals surface area contributed by atoms with Crippen LogP contribution in [0.3, 0.4) is 0 Å². The van der Waals surface area contributed by atoms with Crippen molar-refractivity contribution in [1.82, 2.24) is 15.4 Å². The Balaban J connectivity index is -0.00000193. The third kappa shape index (κ3) is 38.8. The van der Waals surface area contributed by atoms with Gasteiger partial charge in [-0.05, 0) is 64.8 Å². The molecule has 0 aliphatic carbocycles. The molecule has 0 aromatic rings. The highest BCUT2D eigenvalue weighted by molar-refractivity contribution is 7.89. The highest BCUT2D eigenvalue weighted by atomic mass is 35.5. The minimum absolute atomic E-state index is 0. The second kappa shape index (κ2) is 37.7. The number of unbranched alkanes of at least 4 members (excludes halogenated alkanes) is 16. The van der Waals surface area contributed by atoms with E-state index in [9.17, 15) is 8.42 Å². The molecule has 236 valence electrons. The fourth-order valence-corrected chi connectivity index (χ4v) is 5.51. The van der Waals surface area contributed by atoms with Gasteiger partial charge in [-0.1, -0.05) is 103 Å². The Hall–Kier alpha value is 0.660. The molecular weight excluding hydrogens is 563 g/mol. The largest absolute Gasteiger partial charge is 0.330 e. The first kappa shape index (κ1) is 45.6. The van der Waals surface area contributed by atoms with Crippen LogP contribution >= 0.6 is 37.2 Å². The fourth-order valence-electron chi connectivity index (χ4n) is 4.33. The van der Waals surface area contributed by atoms with Crippen molar-refractivity contribution in [3.05, 3.63) is 0 Å². The Morgan fingerprint density at radius 2 is 0.842 bits per heavy atom. The van der Waals surface area contributed by atoms with Crippen molar-refractivity contribution >= 4 is 47.2 Å². The number of halogens is 3. The standard InChI is InChI=1S/C28H62N4O2S.3ClH/c1-2-3-4-5-6-7-8-9-10-11-12-13-14-15-16-19-28-35(33,34)32-27-21-26-31-24-18-17-23-30-25-20-22-29;;;/h30-32H,2-29H2,1H3;3*1H. The van der Waals surface area contributed by atoms with Gasteiger partial charge in [-0.3, -0.25) is 0 Å². The van der Waals surface area contributed by atoms with E-state index in [2.05, 4.69) is 22.3 Å². The summed E-state index contributed by atoms with van der Waals surface area (Å²) in [4.78, 5) is 0. The van der Waals surface area contributed by atoms with Crippen LogP contribution in [-0.2, 0) is 10.0 Å². The lowest BCUT2D eigenvalue weighted by molar-refractivity contribution is 0.530. The van der Waals surface area contributed by atoms with E-state index in [-0.39, 0.29) is 43.0 Å². The van der Waals surface area contributed by atoms with Crippen LogP contribution in [0, 0.1) is 0 Å². The molecule has 0 radical (unpaired) electrons. The molecule has 0 aliphatic heterocycles. The zero-order chi connectivity index (χ0) is 25.7. The van der Waals surface area contributed by atoms with Gasteiger partial charge in [0.15, 0.2) is 0 Å². The first-order valence-electron chi connectivity index (χ1n) is 15.2. The van der Waals surface area contributed by atoms with E-state index in [0.717, 1.165) is 71.2 Å². The van der Waals surface area contributed by atoms with E-state index >= 15 is 0 Å². The highest BCUT2D eigenvalue weighted by Gasteiger charge is 2.08. The molecule has 0 rings (SSSR count). The fraction of sp³-hybridized carbons (Fsp3) is 1.00. The third-order valence-electron chi connectivity index (χ3n) is 6.63. The zero-order valence-electron chi connectivity index (χ0n) is 24.6. The highest BCUT2D eigenvalue weighted by Crippen LogP contribution is 2.13. The lowest BCUT2D eigenvalue weighted by atomic mass is 10.0. The normalized spacial score (nSPS) is 11.0. The van der Waals surface area contributed by atoms with Crippen molar-refractivity contribution in [1.29, 1.82) is 0 Å². The van der Waals surface area contributed by atoms with Crippen molar-refractivity contribution in [3.8, 4) is 0 Å². The summed E-state index contributed by atoms with van der Waals surface area (Å²) in [5.41, 5.74) is 5.46. The molecule has 0 bridgehead atoms. The maximum Gasteiger partial charge on any atom is 0.211 e. The second-order valence-corrected chi connectivity index (χ2v) is 12.1. The average Bonchev–Trinajstić information content (AvgIpc) is 2.84. The zero-order valence-corrected chi connectivity index (χ0v) is 27.9. The Labute approximate surface area is 256 Å². The molecule has 0 aromatic carbocycles. The van der Waals surface area contributed by atoms with Crippen molar-refractivity contribution in [2.75, 3.05) is 45.0 Å². The molecule has 0 amide bonds. The Morgan fingerprint density at radius 1 is 0.474 bits per heavy atom. The molecule has 0 heterocycles. The van der Waals surface area contributed by atoms with Crippen molar-refractivity contribution in [2.24, 2.45) is 5.73 Å². The summed E-state index contributed by atoms with van der Waals surface area (Å²) in [6.45, 7) is 7.46. The van der Waals surface area contributed by atoms with Crippen molar-refractivity contribution in [2.45, 2.75) is 135 Å². The molecule has 0 unspecified atom stereocenters. The summed E-state index contributed by atoms with van der Waals surface area (Å²) in [5, 5.41) is 6.77. The van der Waals surface area contributed by atoms with Crippen LogP contribution in [0.15, 0.2) is 0 Å². The first-order valence-corrected chi connectivity index (χ1v) is 16.9. The molecule has 0 saturated carbocycles. The van der Waals surface area contributed by atoms with Crippen molar-refractivity contribution in [3.63, 3.8) is 0 Å². The molecule has 0 fully saturated rings. The third-order valence-corrected chi connectivity index (χ3v) is 8.10. The van der Waals surface area contributed by atoms with Gasteiger partial charge in [0.1, 0.15) is 0 Å².